The van der Waals surface area contributed by atoms with Gasteiger partial charge in [-0.3, -0.25) is 0 Å². The van der Waals surface area contributed by atoms with Crippen molar-refractivity contribution < 1.29 is 8.78 Å². The van der Waals surface area contributed by atoms with Gasteiger partial charge in [-0.1, -0.05) is 13.0 Å². The van der Waals surface area contributed by atoms with E-state index in [1.165, 1.54) is 23.9 Å². The Hall–Kier alpha value is -0.870. The number of benzene rings is 1. The van der Waals surface area contributed by atoms with E-state index in [2.05, 4.69) is 11.9 Å². The molecule has 1 N–H and O–H groups in total. The minimum Gasteiger partial charge on any atom is -0.312 e. The summed E-state index contributed by atoms with van der Waals surface area (Å²) in [4.78, 5) is 0.481. The van der Waals surface area contributed by atoms with Crippen LogP contribution in [0.25, 0.3) is 0 Å². The van der Waals surface area contributed by atoms with Gasteiger partial charge in [0.15, 0.2) is 0 Å². The van der Waals surface area contributed by atoms with Gasteiger partial charge in [0, 0.05) is 29.3 Å². The maximum absolute atomic E-state index is 13.3. The summed E-state index contributed by atoms with van der Waals surface area (Å²) < 4.78 is 26.0. The molecule has 0 aromatic heterocycles. The van der Waals surface area contributed by atoms with Crippen molar-refractivity contribution in [3.8, 4) is 0 Å². The van der Waals surface area contributed by atoms with E-state index in [0.717, 1.165) is 19.2 Å². The lowest BCUT2D eigenvalue weighted by Gasteiger charge is -2.11. The van der Waals surface area contributed by atoms with E-state index >= 15 is 0 Å². The van der Waals surface area contributed by atoms with Crippen molar-refractivity contribution in [3.05, 3.63) is 42.5 Å². The highest BCUT2D eigenvalue weighted by Gasteiger charge is 2.08. The highest BCUT2D eigenvalue weighted by molar-refractivity contribution is 8.00. The zero-order chi connectivity index (χ0) is 12.0. The molecule has 0 fully saturated rings. The monoisotopic (exact) mass is 243 g/mol. The number of hydrogen-bond donors (Lipinski definition) is 1. The summed E-state index contributed by atoms with van der Waals surface area (Å²) in [5, 5.41) is 3.37. The first-order valence-corrected chi connectivity index (χ1v) is 5.94. The lowest BCUT2D eigenvalue weighted by atomic mass is 10.3. The van der Waals surface area contributed by atoms with Gasteiger partial charge in [0.05, 0.1) is 0 Å². The molecular weight excluding hydrogens is 228 g/mol. The van der Waals surface area contributed by atoms with Crippen LogP contribution in [0.15, 0.2) is 35.7 Å². The number of hydrogen-bond acceptors (Lipinski definition) is 2. The fourth-order valence-corrected chi connectivity index (χ4v) is 2.17. The fourth-order valence-electron chi connectivity index (χ4n) is 1.22. The number of thioether (sulfide) groups is 1. The van der Waals surface area contributed by atoms with E-state index in [4.69, 9.17) is 0 Å². The van der Waals surface area contributed by atoms with E-state index in [1.807, 2.05) is 6.92 Å². The number of rotatable bonds is 6. The maximum Gasteiger partial charge on any atom is 0.139 e. The van der Waals surface area contributed by atoms with E-state index in [1.54, 1.807) is 6.08 Å². The van der Waals surface area contributed by atoms with Gasteiger partial charge >= 0.3 is 0 Å². The van der Waals surface area contributed by atoms with Crippen LogP contribution in [0, 0.1) is 11.6 Å². The summed E-state index contributed by atoms with van der Waals surface area (Å²) in [5.41, 5.74) is 0. The molecular formula is C12H15F2NS. The molecule has 4 heteroatoms. The highest BCUT2D eigenvalue weighted by Crippen LogP contribution is 2.26. The quantitative estimate of drug-likeness (QED) is 0.468. The first-order chi connectivity index (χ1) is 7.63. The third-order valence-electron chi connectivity index (χ3n) is 1.94. The van der Waals surface area contributed by atoms with Gasteiger partial charge in [0.25, 0.3) is 0 Å². The summed E-state index contributed by atoms with van der Waals surface area (Å²) in [6.45, 7) is 7.07. The standard InChI is InChI=1S/C12H15F2NS/c1-3-6-15-8-9(2)16-12-5-4-10(13)7-11(12)14/h3-5,7,9,15H,1,6,8H2,2H3. The lowest BCUT2D eigenvalue weighted by Crippen LogP contribution is -2.22. The second-order valence-corrected chi connectivity index (χ2v) is 4.93. The fraction of sp³-hybridized carbons (Fsp3) is 0.333. The Labute approximate surface area is 98.9 Å². The smallest absolute Gasteiger partial charge is 0.139 e. The summed E-state index contributed by atoms with van der Waals surface area (Å²) >= 11 is 1.39. The molecule has 0 amide bonds. The van der Waals surface area contributed by atoms with Crippen molar-refractivity contribution in [2.75, 3.05) is 13.1 Å². The van der Waals surface area contributed by atoms with Gasteiger partial charge in [-0.2, -0.15) is 0 Å². The van der Waals surface area contributed by atoms with Crippen LogP contribution < -0.4 is 5.32 Å². The van der Waals surface area contributed by atoms with Crippen molar-refractivity contribution >= 4 is 11.8 Å². The number of halogens is 2. The van der Waals surface area contributed by atoms with Crippen LogP contribution in [0.2, 0.25) is 0 Å². The molecule has 16 heavy (non-hydrogen) atoms. The Kier molecular flexibility index (Phi) is 5.49. The van der Waals surface area contributed by atoms with E-state index < -0.39 is 11.6 Å². The Bertz CT molecular complexity index is 355. The zero-order valence-corrected chi connectivity index (χ0v) is 9.99. The second kappa shape index (κ2) is 6.66. The van der Waals surface area contributed by atoms with E-state index in [-0.39, 0.29) is 5.25 Å². The van der Waals surface area contributed by atoms with Gasteiger partial charge in [-0.05, 0) is 12.1 Å². The number of nitrogens with one attached hydrogen (secondary N) is 1. The first-order valence-electron chi connectivity index (χ1n) is 5.07. The largest absolute Gasteiger partial charge is 0.312 e. The molecule has 0 bridgehead atoms. The molecule has 1 nitrogen and oxygen atoms in total. The van der Waals surface area contributed by atoms with E-state index in [0.29, 0.717) is 4.90 Å². The summed E-state index contributed by atoms with van der Waals surface area (Å²) in [7, 11) is 0. The van der Waals surface area contributed by atoms with Crippen LogP contribution in [0.1, 0.15) is 6.92 Å². The van der Waals surface area contributed by atoms with Crippen molar-refractivity contribution in [2.24, 2.45) is 0 Å². The molecule has 1 rings (SSSR count). The van der Waals surface area contributed by atoms with E-state index in [9.17, 15) is 8.78 Å². The highest BCUT2D eigenvalue weighted by atomic mass is 32.2. The van der Waals surface area contributed by atoms with Crippen LogP contribution in [-0.4, -0.2) is 18.3 Å². The predicted molar refractivity (Wildman–Crippen MR) is 64.7 cm³/mol. The third kappa shape index (κ3) is 4.33. The van der Waals surface area contributed by atoms with Crippen molar-refractivity contribution in [1.82, 2.24) is 5.32 Å². The minimum absolute atomic E-state index is 0.222. The van der Waals surface area contributed by atoms with Crippen molar-refractivity contribution in [3.63, 3.8) is 0 Å². The van der Waals surface area contributed by atoms with Crippen molar-refractivity contribution in [1.29, 1.82) is 0 Å². The molecule has 0 heterocycles. The molecule has 0 aliphatic rings. The summed E-state index contributed by atoms with van der Waals surface area (Å²) in [6, 6.07) is 3.65. The molecule has 0 aliphatic heterocycles. The summed E-state index contributed by atoms with van der Waals surface area (Å²) in [5.74, 6) is -1.04. The molecule has 0 spiro atoms. The Balaban J connectivity index is 2.49. The predicted octanol–water partition coefficient (Wildman–Crippen LogP) is 3.22. The van der Waals surface area contributed by atoms with Gasteiger partial charge in [-0.15, -0.1) is 18.3 Å². The molecule has 1 aromatic carbocycles. The normalized spacial score (nSPS) is 12.4. The molecule has 1 atom stereocenters. The Morgan fingerprint density at radius 2 is 2.25 bits per heavy atom. The van der Waals surface area contributed by atoms with Gasteiger partial charge in [-0.25, -0.2) is 8.78 Å². The third-order valence-corrected chi connectivity index (χ3v) is 3.10. The van der Waals surface area contributed by atoms with Crippen LogP contribution in [-0.2, 0) is 0 Å². The average Bonchev–Trinajstić information content (AvgIpc) is 2.23. The lowest BCUT2D eigenvalue weighted by molar-refractivity contribution is 0.565. The topological polar surface area (TPSA) is 12.0 Å². The Morgan fingerprint density at radius 1 is 1.50 bits per heavy atom. The van der Waals surface area contributed by atoms with Crippen LogP contribution in [0.4, 0.5) is 8.78 Å². The Morgan fingerprint density at radius 3 is 2.88 bits per heavy atom. The van der Waals surface area contributed by atoms with Crippen molar-refractivity contribution in [2.45, 2.75) is 17.1 Å². The van der Waals surface area contributed by atoms with Crippen LogP contribution in [0.3, 0.4) is 0 Å². The maximum atomic E-state index is 13.3. The first kappa shape index (κ1) is 13.2. The van der Waals surface area contributed by atoms with Gasteiger partial charge in [0.2, 0.25) is 0 Å². The molecule has 1 aromatic rings. The molecule has 1 unspecified atom stereocenters. The van der Waals surface area contributed by atoms with Gasteiger partial charge < -0.3 is 5.32 Å². The molecule has 0 saturated heterocycles. The molecule has 0 saturated carbocycles. The molecule has 0 aliphatic carbocycles. The van der Waals surface area contributed by atoms with Crippen LogP contribution >= 0.6 is 11.8 Å². The zero-order valence-electron chi connectivity index (χ0n) is 9.17. The minimum atomic E-state index is -0.542. The molecule has 0 radical (unpaired) electrons. The second-order valence-electron chi connectivity index (χ2n) is 3.45. The van der Waals surface area contributed by atoms with Gasteiger partial charge in [0.1, 0.15) is 11.6 Å². The van der Waals surface area contributed by atoms with Crippen LogP contribution in [0.5, 0.6) is 0 Å². The average molecular weight is 243 g/mol. The molecule has 88 valence electrons. The SMILES string of the molecule is C=CCNCC(C)Sc1ccc(F)cc1F. The summed E-state index contributed by atoms with van der Waals surface area (Å²) in [6.07, 6.45) is 1.77.